The normalized spacial score (nSPS) is 13.9. The molecule has 0 unspecified atom stereocenters. The van der Waals surface area contributed by atoms with Crippen molar-refractivity contribution in [1.29, 1.82) is 5.26 Å². The molecule has 2 rings (SSSR count). The lowest BCUT2D eigenvalue weighted by Crippen LogP contribution is -2.27. The third-order valence-corrected chi connectivity index (χ3v) is 2.77. The van der Waals surface area contributed by atoms with E-state index in [1.165, 1.54) is 12.1 Å². The van der Waals surface area contributed by atoms with Crippen LogP contribution in [0.15, 0.2) is 12.1 Å². The molecule has 1 saturated carbocycles. The van der Waals surface area contributed by atoms with Crippen molar-refractivity contribution < 1.29 is 4.92 Å². The molecule has 18 heavy (non-hydrogen) atoms. The molecule has 7 nitrogen and oxygen atoms in total. The molecule has 1 heterocycles. The number of aromatic nitrogens is 1. The van der Waals surface area contributed by atoms with E-state index in [4.69, 9.17) is 11.0 Å². The van der Waals surface area contributed by atoms with Gasteiger partial charge in [0.15, 0.2) is 0 Å². The number of anilines is 2. The van der Waals surface area contributed by atoms with Gasteiger partial charge in [-0.1, -0.05) is 0 Å². The van der Waals surface area contributed by atoms with Gasteiger partial charge in [0, 0.05) is 12.6 Å². The number of hydrogen-bond donors (Lipinski definition) is 1. The van der Waals surface area contributed by atoms with Gasteiger partial charge in [-0.05, 0) is 12.8 Å². The summed E-state index contributed by atoms with van der Waals surface area (Å²) in [5.41, 5.74) is 5.51. The molecule has 2 N–H and O–H groups in total. The molecule has 0 saturated heterocycles. The van der Waals surface area contributed by atoms with Crippen molar-refractivity contribution in [2.45, 2.75) is 25.3 Å². The molecule has 0 bridgehead atoms. The summed E-state index contributed by atoms with van der Waals surface area (Å²) >= 11 is 0. The molecule has 1 aromatic rings. The first-order valence-electron chi connectivity index (χ1n) is 5.67. The zero-order chi connectivity index (χ0) is 13.1. The maximum absolute atomic E-state index is 10.8. The molecular weight excluding hydrogens is 234 g/mol. The van der Waals surface area contributed by atoms with Crippen molar-refractivity contribution in [1.82, 2.24) is 4.98 Å². The highest BCUT2D eigenvalue weighted by Gasteiger charge is 2.30. The number of hydrogen-bond acceptors (Lipinski definition) is 6. The van der Waals surface area contributed by atoms with Crippen LogP contribution in [0.25, 0.3) is 0 Å². The van der Waals surface area contributed by atoms with E-state index in [1.807, 2.05) is 4.90 Å². The summed E-state index contributed by atoms with van der Waals surface area (Å²) in [6.45, 7) is 0.523. The molecule has 0 amide bonds. The third-order valence-electron chi connectivity index (χ3n) is 2.77. The van der Waals surface area contributed by atoms with Gasteiger partial charge in [-0.3, -0.25) is 10.1 Å². The monoisotopic (exact) mass is 247 g/mol. The Bertz CT molecular complexity index is 507. The standard InChI is InChI=1S/C11H13N5O2/c12-4-1-5-15(8-2-3-8)11-7-9(16(17)18)6-10(13)14-11/h6-8H,1-3,5H2,(H2,13,14). The predicted octanol–water partition coefficient (Wildman–Crippen LogP) is 1.45. The van der Waals surface area contributed by atoms with Gasteiger partial charge in [0.05, 0.1) is 29.5 Å². The summed E-state index contributed by atoms with van der Waals surface area (Å²) in [7, 11) is 0. The Morgan fingerprint density at radius 3 is 2.89 bits per heavy atom. The number of nitrogens with zero attached hydrogens (tertiary/aromatic N) is 4. The fourth-order valence-electron chi connectivity index (χ4n) is 1.82. The molecule has 94 valence electrons. The highest BCUT2D eigenvalue weighted by atomic mass is 16.6. The average Bonchev–Trinajstić information content (AvgIpc) is 3.13. The second kappa shape index (κ2) is 4.87. The van der Waals surface area contributed by atoms with Gasteiger partial charge < -0.3 is 10.6 Å². The van der Waals surface area contributed by atoms with Crippen LogP contribution in [0.4, 0.5) is 17.3 Å². The maximum Gasteiger partial charge on any atom is 0.276 e. The van der Waals surface area contributed by atoms with E-state index in [2.05, 4.69) is 11.1 Å². The average molecular weight is 247 g/mol. The first-order chi connectivity index (χ1) is 8.61. The minimum atomic E-state index is -0.489. The first kappa shape index (κ1) is 12.1. The Balaban J connectivity index is 2.29. The molecule has 1 aliphatic carbocycles. The topological polar surface area (TPSA) is 109 Å². The highest BCUT2D eigenvalue weighted by Crippen LogP contribution is 2.32. The van der Waals surface area contributed by atoms with Gasteiger partial charge in [-0.25, -0.2) is 4.98 Å². The van der Waals surface area contributed by atoms with E-state index >= 15 is 0 Å². The van der Waals surface area contributed by atoms with E-state index in [9.17, 15) is 10.1 Å². The number of nitro groups is 1. The maximum atomic E-state index is 10.8. The molecule has 0 spiro atoms. The van der Waals surface area contributed by atoms with Gasteiger partial charge in [-0.15, -0.1) is 0 Å². The van der Waals surface area contributed by atoms with Crippen LogP contribution >= 0.6 is 0 Å². The minimum absolute atomic E-state index is 0.0693. The third kappa shape index (κ3) is 2.66. The van der Waals surface area contributed by atoms with Crippen molar-refractivity contribution in [3.8, 4) is 6.07 Å². The summed E-state index contributed by atoms with van der Waals surface area (Å²) in [5, 5.41) is 19.4. The van der Waals surface area contributed by atoms with E-state index in [0.29, 0.717) is 24.8 Å². The van der Waals surface area contributed by atoms with Crippen molar-refractivity contribution in [2.75, 3.05) is 17.2 Å². The van der Waals surface area contributed by atoms with Gasteiger partial charge in [0.1, 0.15) is 11.6 Å². The lowest BCUT2D eigenvalue weighted by Gasteiger charge is -2.22. The predicted molar refractivity (Wildman–Crippen MR) is 65.9 cm³/mol. The Hall–Kier alpha value is -2.36. The fourth-order valence-corrected chi connectivity index (χ4v) is 1.82. The number of pyridine rings is 1. The molecule has 1 aliphatic rings. The summed E-state index contributed by atoms with van der Waals surface area (Å²) < 4.78 is 0. The second-order valence-electron chi connectivity index (χ2n) is 4.20. The van der Waals surface area contributed by atoms with Crippen molar-refractivity contribution >= 4 is 17.3 Å². The van der Waals surface area contributed by atoms with Gasteiger partial charge in [0.25, 0.3) is 5.69 Å². The number of nitrogen functional groups attached to an aromatic ring is 1. The van der Waals surface area contributed by atoms with Crippen LogP contribution in [0.3, 0.4) is 0 Å². The molecule has 7 heteroatoms. The first-order valence-corrected chi connectivity index (χ1v) is 5.67. The van der Waals surface area contributed by atoms with Crippen LogP contribution in [-0.2, 0) is 0 Å². The SMILES string of the molecule is N#CCCN(c1cc([N+](=O)[O-])cc(N)n1)C1CC1. The van der Waals surface area contributed by atoms with Crippen molar-refractivity contribution in [3.63, 3.8) is 0 Å². The summed E-state index contributed by atoms with van der Waals surface area (Å²) in [6, 6.07) is 5.04. The summed E-state index contributed by atoms with van der Waals surface area (Å²) in [5.74, 6) is 0.612. The van der Waals surface area contributed by atoms with Crippen LogP contribution in [0.1, 0.15) is 19.3 Å². The van der Waals surface area contributed by atoms with E-state index < -0.39 is 4.92 Å². The molecule has 0 aromatic carbocycles. The number of nitriles is 1. The van der Waals surface area contributed by atoms with Crippen molar-refractivity contribution in [2.24, 2.45) is 0 Å². The van der Waals surface area contributed by atoms with Crippen LogP contribution in [0, 0.1) is 21.4 Å². The Labute approximate surface area is 104 Å². The Morgan fingerprint density at radius 1 is 1.61 bits per heavy atom. The number of nitrogens with two attached hydrogens (primary N) is 1. The largest absolute Gasteiger partial charge is 0.383 e. The Kier molecular flexibility index (Phi) is 3.28. The quantitative estimate of drug-likeness (QED) is 0.623. The minimum Gasteiger partial charge on any atom is -0.383 e. The molecular formula is C11H13N5O2. The molecule has 0 aliphatic heterocycles. The van der Waals surface area contributed by atoms with Crippen LogP contribution in [-0.4, -0.2) is 22.5 Å². The second-order valence-corrected chi connectivity index (χ2v) is 4.20. The van der Waals surface area contributed by atoms with Crippen LogP contribution in [0.2, 0.25) is 0 Å². The van der Waals surface area contributed by atoms with E-state index in [-0.39, 0.29) is 11.5 Å². The summed E-state index contributed by atoms with van der Waals surface area (Å²) in [6.07, 6.45) is 2.41. The zero-order valence-corrected chi connectivity index (χ0v) is 9.74. The van der Waals surface area contributed by atoms with Crippen LogP contribution < -0.4 is 10.6 Å². The smallest absolute Gasteiger partial charge is 0.276 e. The molecule has 0 atom stereocenters. The Morgan fingerprint density at radius 2 is 2.33 bits per heavy atom. The molecule has 1 aromatic heterocycles. The lowest BCUT2D eigenvalue weighted by atomic mass is 10.3. The van der Waals surface area contributed by atoms with Gasteiger partial charge in [-0.2, -0.15) is 5.26 Å². The highest BCUT2D eigenvalue weighted by molar-refractivity contribution is 5.55. The van der Waals surface area contributed by atoms with Crippen molar-refractivity contribution in [3.05, 3.63) is 22.2 Å². The lowest BCUT2D eigenvalue weighted by molar-refractivity contribution is -0.384. The molecule has 1 fully saturated rings. The number of rotatable bonds is 5. The van der Waals surface area contributed by atoms with Gasteiger partial charge >= 0.3 is 0 Å². The van der Waals surface area contributed by atoms with Gasteiger partial charge in [0.2, 0.25) is 0 Å². The zero-order valence-electron chi connectivity index (χ0n) is 9.74. The summed E-state index contributed by atoms with van der Waals surface area (Å²) in [4.78, 5) is 16.3. The molecule has 0 radical (unpaired) electrons. The van der Waals surface area contributed by atoms with Crippen LogP contribution in [0.5, 0.6) is 0 Å². The van der Waals surface area contributed by atoms with E-state index in [0.717, 1.165) is 12.8 Å². The van der Waals surface area contributed by atoms with E-state index in [1.54, 1.807) is 0 Å². The fraction of sp³-hybridized carbons (Fsp3) is 0.455.